The molecule has 1 N–H and O–H groups in total. The number of amides is 1. The topological polar surface area (TPSA) is 59.8 Å². The zero-order valence-electron chi connectivity index (χ0n) is 14.8. The molecule has 1 saturated carbocycles. The number of aryl methyl sites for hydroxylation is 1. The summed E-state index contributed by atoms with van der Waals surface area (Å²) in [5.74, 6) is 0.595. The maximum atomic E-state index is 12.4. The average molecular weight is 366 g/mol. The second kappa shape index (κ2) is 7.41. The molecule has 5 nitrogen and oxygen atoms in total. The number of anilines is 1. The minimum atomic E-state index is 0.0682. The molecule has 1 amide bonds. The summed E-state index contributed by atoms with van der Waals surface area (Å²) in [6, 6.07) is 10.0. The van der Waals surface area contributed by atoms with Crippen LogP contribution in [0.15, 0.2) is 42.9 Å². The summed E-state index contributed by atoms with van der Waals surface area (Å²) in [5.41, 5.74) is 2.84. The fourth-order valence-corrected chi connectivity index (χ4v) is 4.45. The second-order valence-corrected chi connectivity index (χ2v) is 7.84. The number of hydrogen-bond donors (Lipinski definition) is 1. The van der Waals surface area contributed by atoms with Crippen LogP contribution in [0.5, 0.6) is 0 Å². The first kappa shape index (κ1) is 17.0. The molecule has 0 unspecified atom stereocenters. The van der Waals surface area contributed by atoms with E-state index >= 15 is 0 Å². The van der Waals surface area contributed by atoms with Crippen LogP contribution in [-0.2, 0) is 4.79 Å². The van der Waals surface area contributed by atoms with Gasteiger partial charge >= 0.3 is 0 Å². The average Bonchev–Trinajstić information content (AvgIpc) is 3.37. The highest BCUT2D eigenvalue weighted by Gasteiger charge is 2.20. The van der Waals surface area contributed by atoms with Gasteiger partial charge in [-0.2, -0.15) is 0 Å². The number of hydrogen-bond acceptors (Lipinski definition) is 4. The van der Waals surface area contributed by atoms with Crippen LogP contribution in [0.1, 0.15) is 37.8 Å². The van der Waals surface area contributed by atoms with Crippen molar-refractivity contribution in [2.45, 2.75) is 39.0 Å². The Morgan fingerprint density at radius 3 is 2.73 bits per heavy atom. The van der Waals surface area contributed by atoms with Gasteiger partial charge in [0.1, 0.15) is 17.0 Å². The Morgan fingerprint density at radius 1 is 1.27 bits per heavy atom. The fourth-order valence-electron chi connectivity index (χ4n) is 3.50. The van der Waals surface area contributed by atoms with E-state index in [2.05, 4.69) is 10.3 Å². The van der Waals surface area contributed by atoms with Gasteiger partial charge in [-0.3, -0.25) is 9.36 Å². The zero-order chi connectivity index (χ0) is 17.9. The molecule has 26 heavy (non-hydrogen) atoms. The number of carbonyl (C=O) groups is 1. The number of carbonyl (C=O) groups excluding carboxylic acids is 1. The van der Waals surface area contributed by atoms with Gasteiger partial charge in [-0.15, -0.1) is 0 Å². The van der Waals surface area contributed by atoms with Crippen molar-refractivity contribution in [1.29, 1.82) is 0 Å². The molecule has 3 aromatic rings. The lowest BCUT2D eigenvalue weighted by Gasteiger charge is -2.07. The van der Waals surface area contributed by atoms with Crippen molar-refractivity contribution in [3.05, 3.63) is 48.5 Å². The third kappa shape index (κ3) is 3.70. The van der Waals surface area contributed by atoms with Crippen LogP contribution >= 0.6 is 11.3 Å². The van der Waals surface area contributed by atoms with Crippen LogP contribution in [0.25, 0.3) is 16.3 Å². The number of nitrogens with one attached hydrogen (secondary N) is 1. The highest BCUT2D eigenvalue weighted by atomic mass is 32.1. The Morgan fingerprint density at radius 2 is 2.04 bits per heavy atom. The van der Waals surface area contributed by atoms with Crippen molar-refractivity contribution >= 4 is 22.4 Å². The number of nitrogens with zero attached hydrogens (tertiary/aromatic N) is 3. The first-order valence-electron chi connectivity index (χ1n) is 9.06. The molecule has 0 aliphatic heterocycles. The Kier molecular flexibility index (Phi) is 4.84. The van der Waals surface area contributed by atoms with Crippen molar-refractivity contribution in [1.82, 2.24) is 14.5 Å². The molecule has 1 fully saturated rings. The van der Waals surface area contributed by atoms with E-state index in [0.29, 0.717) is 17.5 Å². The summed E-state index contributed by atoms with van der Waals surface area (Å²) in [7, 11) is 0. The SMILES string of the molecule is Cc1cn(-c2sc(NC(=O)CC3CCCC3)nc2-c2ccccc2)cn1. The van der Waals surface area contributed by atoms with E-state index in [1.165, 1.54) is 37.0 Å². The summed E-state index contributed by atoms with van der Waals surface area (Å²) in [4.78, 5) is 21.4. The maximum Gasteiger partial charge on any atom is 0.226 e. The third-order valence-corrected chi connectivity index (χ3v) is 5.78. The Hall–Kier alpha value is -2.47. The molecule has 134 valence electrons. The molecule has 1 aliphatic rings. The van der Waals surface area contributed by atoms with E-state index in [0.717, 1.165) is 22.0 Å². The lowest BCUT2D eigenvalue weighted by atomic mass is 10.0. The smallest absolute Gasteiger partial charge is 0.226 e. The summed E-state index contributed by atoms with van der Waals surface area (Å²) in [6.45, 7) is 1.96. The van der Waals surface area contributed by atoms with Gasteiger partial charge in [0.2, 0.25) is 5.91 Å². The monoisotopic (exact) mass is 366 g/mol. The van der Waals surface area contributed by atoms with Gasteiger partial charge in [0.25, 0.3) is 0 Å². The summed E-state index contributed by atoms with van der Waals surface area (Å²) in [5, 5.41) is 4.62. The van der Waals surface area contributed by atoms with E-state index < -0.39 is 0 Å². The molecule has 2 heterocycles. The molecular formula is C20H22N4OS. The number of thiazole rings is 1. The molecule has 0 spiro atoms. The summed E-state index contributed by atoms with van der Waals surface area (Å²) in [6.07, 6.45) is 9.19. The lowest BCUT2D eigenvalue weighted by molar-refractivity contribution is -0.117. The summed E-state index contributed by atoms with van der Waals surface area (Å²) >= 11 is 1.49. The van der Waals surface area contributed by atoms with Crippen LogP contribution in [-0.4, -0.2) is 20.4 Å². The Labute approximate surface area is 157 Å². The number of benzene rings is 1. The van der Waals surface area contributed by atoms with Crippen LogP contribution < -0.4 is 5.32 Å². The standard InChI is InChI=1S/C20H22N4OS/c1-14-12-24(13-21-14)19-18(16-9-3-2-4-10-16)23-20(26-19)22-17(25)11-15-7-5-6-8-15/h2-4,9-10,12-13,15H,5-8,11H2,1H3,(H,22,23,25). The maximum absolute atomic E-state index is 12.4. The molecule has 1 aliphatic carbocycles. The third-order valence-electron chi connectivity index (χ3n) is 4.80. The van der Waals surface area contributed by atoms with Crippen molar-refractivity contribution < 1.29 is 4.79 Å². The van der Waals surface area contributed by atoms with Crippen LogP contribution in [0.2, 0.25) is 0 Å². The van der Waals surface area contributed by atoms with E-state index in [9.17, 15) is 4.79 Å². The van der Waals surface area contributed by atoms with E-state index in [4.69, 9.17) is 4.98 Å². The van der Waals surface area contributed by atoms with E-state index in [1.54, 1.807) is 6.33 Å². The molecule has 2 aromatic heterocycles. The molecule has 0 saturated heterocycles. The molecule has 0 radical (unpaired) electrons. The van der Waals surface area contributed by atoms with Crippen molar-refractivity contribution in [2.75, 3.05) is 5.32 Å². The van der Waals surface area contributed by atoms with Gasteiger partial charge < -0.3 is 5.32 Å². The van der Waals surface area contributed by atoms with Gasteiger partial charge in [0, 0.05) is 18.2 Å². The summed E-state index contributed by atoms with van der Waals surface area (Å²) < 4.78 is 1.97. The first-order valence-corrected chi connectivity index (χ1v) is 9.88. The second-order valence-electron chi connectivity index (χ2n) is 6.86. The van der Waals surface area contributed by atoms with Crippen LogP contribution in [0, 0.1) is 12.8 Å². The number of rotatable bonds is 5. The highest BCUT2D eigenvalue weighted by Crippen LogP contribution is 2.35. The molecule has 0 atom stereocenters. The highest BCUT2D eigenvalue weighted by molar-refractivity contribution is 7.18. The van der Waals surface area contributed by atoms with Crippen molar-refractivity contribution in [3.8, 4) is 16.3 Å². The minimum Gasteiger partial charge on any atom is -0.302 e. The van der Waals surface area contributed by atoms with Crippen molar-refractivity contribution in [2.24, 2.45) is 5.92 Å². The number of aromatic nitrogens is 3. The molecule has 0 bridgehead atoms. The number of imidazole rings is 1. The Balaban J connectivity index is 1.61. The van der Waals surface area contributed by atoms with Gasteiger partial charge in [-0.05, 0) is 25.7 Å². The molecular weight excluding hydrogens is 344 g/mol. The van der Waals surface area contributed by atoms with Crippen LogP contribution in [0.4, 0.5) is 5.13 Å². The first-order chi connectivity index (χ1) is 12.7. The van der Waals surface area contributed by atoms with Crippen LogP contribution in [0.3, 0.4) is 0 Å². The normalized spacial score (nSPS) is 14.7. The predicted octanol–water partition coefficient (Wildman–Crippen LogP) is 4.82. The van der Waals surface area contributed by atoms with E-state index in [-0.39, 0.29) is 5.91 Å². The van der Waals surface area contributed by atoms with Crippen molar-refractivity contribution in [3.63, 3.8) is 0 Å². The lowest BCUT2D eigenvalue weighted by Crippen LogP contribution is -2.14. The van der Waals surface area contributed by atoms with E-state index in [1.807, 2.05) is 48.0 Å². The Bertz CT molecular complexity index is 894. The fraction of sp³-hybridized carbons (Fsp3) is 0.350. The molecule has 6 heteroatoms. The zero-order valence-corrected chi connectivity index (χ0v) is 15.6. The molecule has 4 rings (SSSR count). The van der Waals surface area contributed by atoms with Gasteiger partial charge in [0.05, 0.1) is 5.69 Å². The quantitative estimate of drug-likeness (QED) is 0.704. The largest absolute Gasteiger partial charge is 0.302 e. The van der Waals surface area contributed by atoms with Gasteiger partial charge in [-0.25, -0.2) is 9.97 Å². The minimum absolute atomic E-state index is 0.0682. The predicted molar refractivity (Wildman–Crippen MR) is 105 cm³/mol. The van der Waals surface area contributed by atoms with Gasteiger partial charge in [-0.1, -0.05) is 54.5 Å². The van der Waals surface area contributed by atoms with Gasteiger partial charge in [0.15, 0.2) is 5.13 Å². The molecule has 1 aromatic carbocycles.